The van der Waals surface area contributed by atoms with E-state index in [1.54, 1.807) is 18.2 Å². The summed E-state index contributed by atoms with van der Waals surface area (Å²) >= 11 is 0. The molecule has 4 rings (SSSR count). The normalized spacial score (nSPS) is 28.4. The van der Waals surface area contributed by atoms with Crippen molar-refractivity contribution in [3.05, 3.63) is 70.5 Å². The highest BCUT2D eigenvalue weighted by atomic mass is 19.4. The fraction of sp³-hybridized carbons (Fsp3) is 0.455. The molecule has 0 spiro atoms. The summed E-state index contributed by atoms with van der Waals surface area (Å²) < 4.78 is 53.5. The monoisotopic (exact) mass is 392 g/mol. The minimum Gasteiger partial charge on any atom is -0.314 e. The SMILES string of the molecule is CC1CNCC(C)N1[C@H]1C[C@@H](c2ccc(F)cc2)c2ccc(C(F)(F)F)cc21. The Kier molecular flexibility index (Phi) is 4.96. The Balaban J connectivity index is 1.79. The number of nitrogens with one attached hydrogen (secondary N) is 1. The maximum absolute atomic E-state index is 13.4. The molecular weight excluding hydrogens is 368 g/mol. The molecule has 2 aliphatic rings. The molecule has 2 nitrogen and oxygen atoms in total. The average Bonchev–Trinajstić information content (AvgIpc) is 3.00. The minimum atomic E-state index is -4.37. The van der Waals surface area contributed by atoms with Crippen molar-refractivity contribution >= 4 is 0 Å². The zero-order chi connectivity index (χ0) is 20.1. The lowest BCUT2D eigenvalue weighted by molar-refractivity contribution is -0.137. The molecule has 28 heavy (non-hydrogen) atoms. The molecule has 0 bridgehead atoms. The van der Waals surface area contributed by atoms with Gasteiger partial charge in [-0.3, -0.25) is 4.90 Å². The largest absolute Gasteiger partial charge is 0.416 e. The number of hydrogen-bond donors (Lipinski definition) is 1. The lowest BCUT2D eigenvalue weighted by Crippen LogP contribution is -2.55. The van der Waals surface area contributed by atoms with E-state index >= 15 is 0 Å². The lowest BCUT2D eigenvalue weighted by atomic mass is 9.92. The van der Waals surface area contributed by atoms with Crippen LogP contribution in [0.4, 0.5) is 17.6 Å². The highest BCUT2D eigenvalue weighted by Gasteiger charge is 2.41. The van der Waals surface area contributed by atoms with Gasteiger partial charge in [0, 0.05) is 37.1 Å². The van der Waals surface area contributed by atoms with E-state index in [0.29, 0.717) is 6.42 Å². The molecule has 0 radical (unpaired) electrons. The first-order chi connectivity index (χ1) is 13.3. The molecule has 2 aromatic rings. The van der Waals surface area contributed by atoms with Gasteiger partial charge in [0.2, 0.25) is 0 Å². The summed E-state index contributed by atoms with van der Waals surface area (Å²) in [5, 5.41) is 3.38. The zero-order valence-electron chi connectivity index (χ0n) is 15.9. The molecule has 1 N–H and O–H groups in total. The minimum absolute atomic E-state index is 0.0304. The van der Waals surface area contributed by atoms with E-state index < -0.39 is 11.7 Å². The Morgan fingerprint density at radius 1 is 0.929 bits per heavy atom. The van der Waals surface area contributed by atoms with Gasteiger partial charge in [-0.25, -0.2) is 4.39 Å². The second kappa shape index (κ2) is 7.16. The Morgan fingerprint density at radius 2 is 1.57 bits per heavy atom. The average molecular weight is 392 g/mol. The van der Waals surface area contributed by atoms with Crippen LogP contribution in [0.2, 0.25) is 0 Å². The van der Waals surface area contributed by atoms with Crippen molar-refractivity contribution in [2.75, 3.05) is 13.1 Å². The highest BCUT2D eigenvalue weighted by Crippen LogP contribution is 2.49. The molecule has 1 heterocycles. The maximum atomic E-state index is 13.4. The van der Waals surface area contributed by atoms with Crippen LogP contribution in [-0.4, -0.2) is 30.1 Å². The number of hydrogen-bond acceptors (Lipinski definition) is 2. The smallest absolute Gasteiger partial charge is 0.314 e. The highest BCUT2D eigenvalue weighted by molar-refractivity contribution is 5.47. The van der Waals surface area contributed by atoms with E-state index in [-0.39, 0.29) is 29.9 Å². The number of piperazine rings is 1. The molecule has 1 saturated heterocycles. The van der Waals surface area contributed by atoms with Gasteiger partial charge < -0.3 is 5.32 Å². The van der Waals surface area contributed by atoms with E-state index in [0.717, 1.165) is 29.8 Å². The first-order valence-corrected chi connectivity index (χ1v) is 9.70. The number of rotatable bonds is 2. The molecule has 0 saturated carbocycles. The Hall–Kier alpha value is -1.92. The van der Waals surface area contributed by atoms with Crippen molar-refractivity contribution in [2.24, 2.45) is 0 Å². The number of benzene rings is 2. The van der Waals surface area contributed by atoms with Crippen LogP contribution in [-0.2, 0) is 6.18 Å². The van der Waals surface area contributed by atoms with Gasteiger partial charge in [-0.2, -0.15) is 13.2 Å². The van der Waals surface area contributed by atoms with Crippen molar-refractivity contribution in [2.45, 2.75) is 50.5 Å². The summed E-state index contributed by atoms with van der Waals surface area (Å²) in [5.41, 5.74) is 2.01. The van der Waals surface area contributed by atoms with Gasteiger partial charge in [-0.15, -0.1) is 0 Å². The van der Waals surface area contributed by atoms with E-state index in [1.165, 1.54) is 24.3 Å². The van der Waals surface area contributed by atoms with Gasteiger partial charge in [0.15, 0.2) is 0 Å². The maximum Gasteiger partial charge on any atom is 0.416 e. The predicted octanol–water partition coefficient (Wildman–Crippen LogP) is 5.10. The molecule has 0 amide bonds. The molecule has 2 aromatic carbocycles. The molecule has 150 valence electrons. The summed E-state index contributed by atoms with van der Waals surface area (Å²) in [6, 6.07) is 10.8. The quantitative estimate of drug-likeness (QED) is 0.715. The second-order valence-corrected chi connectivity index (χ2v) is 8.00. The van der Waals surface area contributed by atoms with Crippen LogP contribution in [0, 0.1) is 5.82 Å². The molecule has 6 heteroatoms. The summed E-state index contributed by atoms with van der Waals surface area (Å²) in [5.74, 6) is -0.340. The Labute approximate surface area is 162 Å². The van der Waals surface area contributed by atoms with Crippen molar-refractivity contribution in [1.82, 2.24) is 10.2 Å². The van der Waals surface area contributed by atoms with Crippen LogP contribution >= 0.6 is 0 Å². The third-order valence-corrected chi connectivity index (χ3v) is 6.14. The molecular formula is C22H24F4N2. The molecule has 4 atom stereocenters. The predicted molar refractivity (Wildman–Crippen MR) is 101 cm³/mol. The molecule has 0 aromatic heterocycles. The van der Waals surface area contributed by atoms with Crippen LogP contribution in [0.5, 0.6) is 0 Å². The van der Waals surface area contributed by atoms with Crippen LogP contribution in [0.3, 0.4) is 0 Å². The van der Waals surface area contributed by atoms with Crippen LogP contribution < -0.4 is 5.32 Å². The Morgan fingerprint density at radius 3 is 2.18 bits per heavy atom. The van der Waals surface area contributed by atoms with Crippen LogP contribution in [0.1, 0.15) is 54.5 Å². The van der Waals surface area contributed by atoms with E-state index in [1.807, 2.05) is 0 Å². The zero-order valence-corrected chi connectivity index (χ0v) is 15.9. The second-order valence-electron chi connectivity index (χ2n) is 8.00. The van der Waals surface area contributed by atoms with Gasteiger partial charge in [-0.1, -0.05) is 18.2 Å². The third kappa shape index (κ3) is 3.44. The number of fused-ring (bicyclic) bond motifs is 1. The number of alkyl halides is 3. The fourth-order valence-electron chi connectivity index (χ4n) is 4.89. The van der Waals surface area contributed by atoms with Crippen molar-refractivity contribution in [1.29, 1.82) is 0 Å². The molecule has 1 fully saturated rings. The van der Waals surface area contributed by atoms with Crippen LogP contribution in [0.25, 0.3) is 0 Å². The first-order valence-electron chi connectivity index (χ1n) is 9.70. The van der Waals surface area contributed by atoms with Gasteiger partial charge in [0.05, 0.1) is 5.56 Å². The Bertz CT molecular complexity index is 837. The molecule has 2 unspecified atom stereocenters. The van der Waals surface area contributed by atoms with Gasteiger partial charge in [0.1, 0.15) is 5.82 Å². The summed E-state index contributed by atoms with van der Waals surface area (Å²) in [7, 11) is 0. The van der Waals surface area contributed by atoms with Gasteiger partial charge in [0.25, 0.3) is 0 Å². The lowest BCUT2D eigenvalue weighted by Gasteiger charge is -2.44. The standard InChI is InChI=1S/C22H24F4N2/c1-13-11-27-12-14(2)28(13)21-10-19(15-3-6-17(23)7-4-15)18-8-5-16(9-20(18)21)22(24,25)26/h3-9,13-14,19,21,27H,10-12H2,1-2H3/t13?,14?,19-,21-/m0/s1. The van der Waals surface area contributed by atoms with E-state index in [2.05, 4.69) is 24.1 Å². The summed E-state index contributed by atoms with van der Waals surface area (Å²) in [4.78, 5) is 2.35. The van der Waals surface area contributed by atoms with Crippen molar-refractivity contribution in [3.8, 4) is 0 Å². The number of nitrogens with zero attached hydrogens (tertiary/aromatic N) is 1. The molecule has 1 aliphatic heterocycles. The molecule has 1 aliphatic carbocycles. The van der Waals surface area contributed by atoms with Crippen molar-refractivity contribution < 1.29 is 17.6 Å². The fourth-order valence-corrected chi connectivity index (χ4v) is 4.89. The number of halogens is 4. The summed E-state index contributed by atoms with van der Waals surface area (Å²) in [6.45, 7) is 5.86. The van der Waals surface area contributed by atoms with E-state index in [9.17, 15) is 17.6 Å². The van der Waals surface area contributed by atoms with Gasteiger partial charge in [-0.05, 0) is 61.2 Å². The third-order valence-electron chi connectivity index (χ3n) is 6.14. The van der Waals surface area contributed by atoms with Gasteiger partial charge >= 0.3 is 6.18 Å². The topological polar surface area (TPSA) is 15.3 Å². The van der Waals surface area contributed by atoms with Crippen LogP contribution in [0.15, 0.2) is 42.5 Å². The first kappa shape index (κ1) is 19.4. The van der Waals surface area contributed by atoms with Crippen molar-refractivity contribution in [3.63, 3.8) is 0 Å². The summed E-state index contributed by atoms with van der Waals surface area (Å²) in [6.07, 6.45) is -3.66. The van der Waals surface area contributed by atoms with E-state index in [4.69, 9.17) is 0 Å².